The van der Waals surface area contributed by atoms with Crippen molar-refractivity contribution in [2.45, 2.75) is 12.8 Å². The molecule has 3 rings (SSSR count). The van der Waals surface area contributed by atoms with E-state index in [9.17, 15) is 4.79 Å². The number of hydrogen-bond donors (Lipinski definition) is 1. The minimum atomic E-state index is -0.700. The average molecular weight is 261 g/mol. The van der Waals surface area contributed by atoms with Crippen molar-refractivity contribution in [3.63, 3.8) is 0 Å². The van der Waals surface area contributed by atoms with Crippen molar-refractivity contribution in [3.05, 3.63) is 12.5 Å². The summed E-state index contributed by atoms with van der Waals surface area (Å²) in [6.07, 6.45) is 4.60. The van der Waals surface area contributed by atoms with Gasteiger partial charge in [0.25, 0.3) is 0 Å². The smallest absolute Gasteiger partial charge is 0.306 e. The molecule has 2 aromatic heterocycles. The summed E-state index contributed by atoms with van der Waals surface area (Å²) in [5, 5.41) is 14.1. The maximum atomic E-state index is 11.0. The lowest BCUT2D eigenvalue weighted by Gasteiger charge is -2.31. The molecular formula is C12H15N5O2. The first kappa shape index (κ1) is 11.9. The molecule has 2 aromatic rings. The van der Waals surface area contributed by atoms with E-state index in [4.69, 9.17) is 5.11 Å². The third-order valence-electron chi connectivity index (χ3n) is 3.65. The molecule has 7 heteroatoms. The van der Waals surface area contributed by atoms with Gasteiger partial charge in [-0.25, -0.2) is 9.97 Å². The Morgan fingerprint density at radius 2 is 2.11 bits per heavy atom. The van der Waals surface area contributed by atoms with Crippen LogP contribution in [0.25, 0.3) is 11.0 Å². The van der Waals surface area contributed by atoms with Crippen LogP contribution in [-0.4, -0.2) is 43.9 Å². The van der Waals surface area contributed by atoms with Crippen LogP contribution in [-0.2, 0) is 11.8 Å². The fraction of sp³-hybridized carbons (Fsp3) is 0.500. The highest BCUT2D eigenvalue weighted by Gasteiger charge is 2.26. The molecule has 3 heterocycles. The Labute approximate surface area is 109 Å². The number of carboxylic acids is 1. The molecule has 0 spiro atoms. The molecule has 1 N–H and O–H groups in total. The molecule has 19 heavy (non-hydrogen) atoms. The molecule has 1 aliphatic rings. The molecule has 0 saturated carbocycles. The van der Waals surface area contributed by atoms with Crippen LogP contribution in [0.1, 0.15) is 12.8 Å². The van der Waals surface area contributed by atoms with Gasteiger partial charge in [0.2, 0.25) is 0 Å². The third kappa shape index (κ3) is 2.00. The zero-order chi connectivity index (χ0) is 13.4. The Bertz CT molecular complexity index is 616. The summed E-state index contributed by atoms with van der Waals surface area (Å²) in [6.45, 7) is 1.41. The maximum Gasteiger partial charge on any atom is 0.306 e. The predicted molar refractivity (Wildman–Crippen MR) is 68.9 cm³/mol. The lowest BCUT2D eigenvalue weighted by Crippen LogP contribution is -2.36. The van der Waals surface area contributed by atoms with E-state index in [0.717, 1.165) is 16.9 Å². The van der Waals surface area contributed by atoms with Crippen LogP contribution in [0, 0.1) is 5.92 Å². The van der Waals surface area contributed by atoms with Crippen LogP contribution >= 0.6 is 0 Å². The highest BCUT2D eigenvalue weighted by molar-refractivity contribution is 5.86. The Hall–Kier alpha value is -2.18. The molecule has 1 saturated heterocycles. The fourth-order valence-electron chi connectivity index (χ4n) is 2.54. The number of fused-ring (bicyclic) bond motifs is 1. The molecule has 7 nitrogen and oxygen atoms in total. The number of aryl methyl sites for hydroxylation is 1. The minimum absolute atomic E-state index is 0.234. The zero-order valence-electron chi connectivity index (χ0n) is 10.7. The normalized spacial score (nSPS) is 17.0. The number of nitrogens with zero attached hydrogens (tertiary/aromatic N) is 5. The van der Waals surface area contributed by atoms with Crippen molar-refractivity contribution < 1.29 is 9.90 Å². The van der Waals surface area contributed by atoms with Crippen LogP contribution in [0.3, 0.4) is 0 Å². The van der Waals surface area contributed by atoms with E-state index in [1.807, 2.05) is 7.05 Å². The number of piperidine rings is 1. The van der Waals surface area contributed by atoms with Crippen LogP contribution in [0.2, 0.25) is 0 Å². The molecule has 0 radical (unpaired) electrons. The molecule has 1 fully saturated rings. The van der Waals surface area contributed by atoms with Crippen molar-refractivity contribution in [2.75, 3.05) is 18.0 Å². The molecule has 0 amide bonds. The van der Waals surface area contributed by atoms with Crippen LogP contribution in [0.5, 0.6) is 0 Å². The largest absolute Gasteiger partial charge is 0.481 e. The molecule has 0 aromatic carbocycles. The first-order chi connectivity index (χ1) is 9.16. The van der Waals surface area contributed by atoms with Crippen molar-refractivity contribution in [2.24, 2.45) is 13.0 Å². The summed E-state index contributed by atoms with van der Waals surface area (Å²) < 4.78 is 1.71. The van der Waals surface area contributed by atoms with Gasteiger partial charge in [-0.15, -0.1) is 0 Å². The first-order valence-corrected chi connectivity index (χ1v) is 6.27. The van der Waals surface area contributed by atoms with Crippen molar-refractivity contribution >= 4 is 22.8 Å². The minimum Gasteiger partial charge on any atom is -0.481 e. The van der Waals surface area contributed by atoms with E-state index in [1.165, 1.54) is 6.33 Å². The van der Waals surface area contributed by atoms with Gasteiger partial charge in [0, 0.05) is 20.1 Å². The average Bonchev–Trinajstić information content (AvgIpc) is 2.81. The summed E-state index contributed by atoms with van der Waals surface area (Å²) >= 11 is 0. The van der Waals surface area contributed by atoms with E-state index in [-0.39, 0.29) is 5.92 Å². The maximum absolute atomic E-state index is 11.0. The van der Waals surface area contributed by atoms with E-state index in [2.05, 4.69) is 20.0 Å². The molecule has 0 unspecified atom stereocenters. The highest BCUT2D eigenvalue weighted by atomic mass is 16.4. The van der Waals surface area contributed by atoms with Gasteiger partial charge in [0.1, 0.15) is 12.1 Å². The second-order valence-corrected chi connectivity index (χ2v) is 4.80. The van der Waals surface area contributed by atoms with Crippen LogP contribution in [0.15, 0.2) is 12.5 Å². The Balaban J connectivity index is 1.88. The van der Waals surface area contributed by atoms with Gasteiger partial charge < -0.3 is 10.0 Å². The highest BCUT2D eigenvalue weighted by Crippen LogP contribution is 2.26. The van der Waals surface area contributed by atoms with Gasteiger partial charge in [-0.2, -0.15) is 5.10 Å². The van der Waals surface area contributed by atoms with E-state index in [0.29, 0.717) is 25.9 Å². The monoisotopic (exact) mass is 261 g/mol. The fourth-order valence-corrected chi connectivity index (χ4v) is 2.54. The number of aliphatic carboxylic acids is 1. The van der Waals surface area contributed by atoms with Gasteiger partial charge in [0.15, 0.2) is 5.65 Å². The topological polar surface area (TPSA) is 84.1 Å². The lowest BCUT2D eigenvalue weighted by molar-refractivity contribution is -0.142. The van der Waals surface area contributed by atoms with Crippen molar-refractivity contribution in [3.8, 4) is 0 Å². The summed E-state index contributed by atoms with van der Waals surface area (Å²) in [6, 6.07) is 0. The first-order valence-electron chi connectivity index (χ1n) is 6.27. The van der Waals surface area contributed by atoms with Gasteiger partial charge >= 0.3 is 5.97 Å². The second-order valence-electron chi connectivity index (χ2n) is 4.80. The summed E-state index contributed by atoms with van der Waals surface area (Å²) in [5.74, 6) is -0.0849. The second kappa shape index (κ2) is 4.49. The number of hydrogen-bond acceptors (Lipinski definition) is 5. The third-order valence-corrected chi connectivity index (χ3v) is 3.65. The number of aromatic nitrogens is 4. The summed E-state index contributed by atoms with van der Waals surface area (Å²) in [7, 11) is 1.84. The van der Waals surface area contributed by atoms with Crippen LogP contribution in [0.4, 0.5) is 5.82 Å². The molecule has 0 bridgehead atoms. The van der Waals surface area contributed by atoms with Gasteiger partial charge in [-0.3, -0.25) is 9.48 Å². The van der Waals surface area contributed by atoms with Gasteiger partial charge in [-0.1, -0.05) is 0 Å². The van der Waals surface area contributed by atoms with E-state index < -0.39 is 5.97 Å². The summed E-state index contributed by atoms with van der Waals surface area (Å²) in [4.78, 5) is 21.6. The molecule has 0 aliphatic carbocycles. The van der Waals surface area contributed by atoms with Crippen molar-refractivity contribution in [1.29, 1.82) is 0 Å². The Kier molecular flexibility index (Phi) is 2.81. The Morgan fingerprint density at radius 3 is 2.79 bits per heavy atom. The zero-order valence-corrected chi connectivity index (χ0v) is 10.7. The summed E-state index contributed by atoms with van der Waals surface area (Å²) in [5.41, 5.74) is 0.797. The SMILES string of the molecule is Cn1ncc2c(N3CCC(C(=O)O)CC3)ncnc21. The predicted octanol–water partition coefficient (Wildman–Crippen LogP) is 0.664. The number of carbonyl (C=O) groups is 1. The van der Waals surface area contributed by atoms with E-state index in [1.54, 1.807) is 10.9 Å². The number of carboxylic acid groups (broad SMARTS) is 1. The number of anilines is 1. The van der Waals surface area contributed by atoms with Crippen LogP contribution < -0.4 is 4.90 Å². The van der Waals surface area contributed by atoms with E-state index >= 15 is 0 Å². The van der Waals surface area contributed by atoms with Crippen molar-refractivity contribution in [1.82, 2.24) is 19.7 Å². The molecule has 0 atom stereocenters. The Morgan fingerprint density at radius 1 is 1.37 bits per heavy atom. The number of rotatable bonds is 2. The molecule has 100 valence electrons. The standard InChI is InChI=1S/C12H15N5O2/c1-16-10-9(6-15-16)11(14-7-13-10)17-4-2-8(3-5-17)12(18)19/h6-8H,2-5H2,1H3,(H,18,19). The quantitative estimate of drug-likeness (QED) is 0.855. The lowest BCUT2D eigenvalue weighted by atomic mass is 9.97. The van der Waals surface area contributed by atoms with Gasteiger partial charge in [-0.05, 0) is 12.8 Å². The molecule has 1 aliphatic heterocycles. The molecular weight excluding hydrogens is 246 g/mol. The van der Waals surface area contributed by atoms with Gasteiger partial charge in [0.05, 0.1) is 17.5 Å².